The van der Waals surface area contributed by atoms with Gasteiger partial charge in [0.25, 0.3) is 11.7 Å². The zero-order chi connectivity index (χ0) is 22.0. The first kappa shape index (κ1) is 21.1. The lowest BCUT2D eigenvalue weighted by Crippen LogP contribution is -2.33. The van der Waals surface area contributed by atoms with Crippen molar-refractivity contribution in [2.24, 2.45) is 0 Å². The topological polar surface area (TPSA) is 76.1 Å². The molecule has 1 saturated heterocycles. The summed E-state index contributed by atoms with van der Waals surface area (Å²) in [5, 5.41) is 11.2. The summed E-state index contributed by atoms with van der Waals surface area (Å²) in [5.74, 6) is -0.657. The van der Waals surface area contributed by atoms with Crippen molar-refractivity contribution in [3.8, 4) is 5.75 Å². The van der Waals surface area contributed by atoms with Crippen molar-refractivity contribution < 1.29 is 24.2 Å². The summed E-state index contributed by atoms with van der Waals surface area (Å²) in [7, 11) is 0. The number of Topliss-reactive ketones (excluding diaryl/α,β-unsaturated/α-hetero) is 1. The summed E-state index contributed by atoms with van der Waals surface area (Å²) in [4.78, 5) is 27.4. The monoisotopic (exact) mass is 421 g/mol. The van der Waals surface area contributed by atoms with Gasteiger partial charge in [-0.15, -0.1) is 0 Å². The average molecular weight is 421 g/mol. The molecule has 2 aliphatic rings. The molecule has 1 unspecified atom stereocenters. The van der Waals surface area contributed by atoms with E-state index in [1.54, 1.807) is 6.07 Å². The van der Waals surface area contributed by atoms with Crippen LogP contribution in [0.25, 0.3) is 5.76 Å². The van der Waals surface area contributed by atoms with E-state index in [-0.39, 0.29) is 24.0 Å². The first-order chi connectivity index (χ1) is 15.0. The SMILES string of the molecule is CC(C)OCCN1C(=O)C(=O)/C(=C(\O)c2ccc3c(c2)CCCO3)C1c1ccccc1. The van der Waals surface area contributed by atoms with E-state index in [0.717, 1.165) is 29.7 Å². The Kier molecular flexibility index (Phi) is 6.09. The number of nitrogens with zero attached hydrogens (tertiary/aromatic N) is 1. The summed E-state index contributed by atoms with van der Waals surface area (Å²) in [5.41, 5.74) is 2.39. The minimum atomic E-state index is -0.676. The molecule has 0 bridgehead atoms. The Morgan fingerprint density at radius 2 is 1.97 bits per heavy atom. The van der Waals surface area contributed by atoms with E-state index in [9.17, 15) is 14.7 Å². The Morgan fingerprint density at radius 3 is 2.71 bits per heavy atom. The number of carbonyl (C=O) groups excluding carboxylic acids is 2. The Hall–Kier alpha value is -3.12. The van der Waals surface area contributed by atoms with Gasteiger partial charge in [-0.25, -0.2) is 0 Å². The van der Waals surface area contributed by atoms with Crippen molar-refractivity contribution >= 4 is 17.4 Å². The second-order valence-electron chi connectivity index (χ2n) is 8.10. The molecule has 6 heteroatoms. The van der Waals surface area contributed by atoms with Gasteiger partial charge in [0.15, 0.2) is 0 Å². The van der Waals surface area contributed by atoms with Crippen LogP contribution in [0, 0.1) is 0 Å². The molecule has 2 aromatic rings. The molecule has 2 aliphatic heterocycles. The van der Waals surface area contributed by atoms with Crippen LogP contribution in [0.2, 0.25) is 0 Å². The quantitative estimate of drug-likeness (QED) is 0.436. The molecule has 0 radical (unpaired) electrons. The van der Waals surface area contributed by atoms with E-state index in [1.165, 1.54) is 4.90 Å². The Morgan fingerprint density at radius 1 is 1.19 bits per heavy atom. The maximum atomic E-state index is 13.0. The van der Waals surface area contributed by atoms with Crippen molar-refractivity contribution in [1.29, 1.82) is 0 Å². The molecule has 0 spiro atoms. The molecule has 6 nitrogen and oxygen atoms in total. The summed E-state index contributed by atoms with van der Waals surface area (Å²) < 4.78 is 11.3. The third-order valence-corrected chi connectivity index (χ3v) is 5.62. The number of ketones is 1. The standard InChI is InChI=1S/C25H27NO5/c1-16(2)30-14-12-26-22(17-7-4-3-5-8-17)21(24(28)25(26)29)23(27)19-10-11-20-18(15-19)9-6-13-31-20/h3-5,7-8,10-11,15-16,22,27H,6,9,12-14H2,1-2H3/b23-21-. The number of rotatable bonds is 6. The molecule has 4 rings (SSSR count). The highest BCUT2D eigenvalue weighted by Gasteiger charge is 2.45. The van der Waals surface area contributed by atoms with Crippen LogP contribution in [0.15, 0.2) is 54.1 Å². The van der Waals surface area contributed by atoms with Gasteiger partial charge >= 0.3 is 0 Å². The Balaban J connectivity index is 1.76. The number of aliphatic hydroxyl groups excluding tert-OH is 1. The second kappa shape index (κ2) is 8.94. The van der Waals surface area contributed by atoms with Crippen molar-refractivity contribution in [2.45, 2.75) is 38.8 Å². The number of aryl methyl sites for hydroxylation is 1. The van der Waals surface area contributed by atoms with Crippen molar-refractivity contribution in [1.82, 2.24) is 4.90 Å². The number of hydrogen-bond donors (Lipinski definition) is 1. The number of fused-ring (bicyclic) bond motifs is 1. The van der Waals surface area contributed by atoms with Crippen molar-refractivity contribution in [3.05, 3.63) is 70.8 Å². The molecule has 1 N–H and O–H groups in total. The van der Waals surface area contributed by atoms with Gasteiger partial charge < -0.3 is 19.5 Å². The highest BCUT2D eigenvalue weighted by atomic mass is 16.5. The summed E-state index contributed by atoms with van der Waals surface area (Å²) in [6, 6.07) is 14.0. The summed E-state index contributed by atoms with van der Waals surface area (Å²) in [6.07, 6.45) is 1.77. The van der Waals surface area contributed by atoms with Crippen LogP contribution in [-0.4, -0.2) is 47.6 Å². The van der Waals surface area contributed by atoms with E-state index in [4.69, 9.17) is 9.47 Å². The maximum Gasteiger partial charge on any atom is 0.295 e. The van der Waals surface area contributed by atoms with Gasteiger partial charge in [0.2, 0.25) is 0 Å². The van der Waals surface area contributed by atoms with E-state index < -0.39 is 17.7 Å². The maximum absolute atomic E-state index is 13.0. The fourth-order valence-electron chi connectivity index (χ4n) is 4.14. The molecule has 1 fully saturated rings. The minimum absolute atomic E-state index is 0.0183. The largest absolute Gasteiger partial charge is 0.507 e. The predicted molar refractivity (Wildman–Crippen MR) is 117 cm³/mol. The number of hydrogen-bond acceptors (Lipinski definition) is 5. The molecular formula is C25H27NO5. The number of carbonyl (C=O) groups is 2. The number of ether oxygens (including phenoxy) is 2. The second-order valence-corrected chi connectivity index (χ2v) is 8.10. The molecule has 0 aromatic heterocycles. The zero-order valence-electron chi connectivity index (χ0n) is 17.8. The molecule has 1 atom stereocenters. The third kappa shape index (κ3) is 4.21. The minimum Gasteiger partial charge on any atom is -0.507 e. The number of amides is 1. The van der Waals surface area contributed by atoms with Crippen LogP contribution in [0.1, 0.15) is 43.0 Å². The van der Waals surface area contributed by atoms with Crippen LogP contribution >= 0.6 is 0 Å². The van der Waals surface area contributed by atoms with Gasteiger partial charge in [0.1, 0.15) is 11.5 Å². The first-order valence-corrected chi connectivity index (χ1v) is 10.7. The molecular weight excluding hydrogens is 394 g/mol. The lowest BCUT2D eigenvalue weighted by Gasteiger charge is -2.25. The third-order valence-electron chi connectivity index (χ3n) is 5.62. The van der Waals surface area contributed by atoms with Crippen LogP contribution in [0.4, 0.5) is 0 Å². The van der Waals surface area contributed by atoms with Crippen LogP contribution in [0.5, 0.6) is 5.75 Å². The normalized spacial score (nSPS) is 20.1. The molecule has 162 valence electrons. The van der Waals surface area contributed by atoms with Crippen LogP contribution in [-0.2, 0) is 20.7 Å². The number of aliphatic hydroxyl groups is 1. The predicted octanol–water partition coefficient (Wildman–Crippen LogP) is 3.86. The van der Waals surface area contributed by atoms with Crippen molar-refractivity contribution in [2.75, 3.05) is 19.8 Å². The smallest absolute Gasteiger partial charge is 0.295 e. The first-order valence-electron chi connectivity index (χ1n) is 10.7. The van der Waals surface area contributed by atoms with Gasteiger partial charge in [-0.2, -0.15) is 0 Å². The van der Waals surface area contributed by atoms with Gasteiger partial charge in [0, 0.05) is 12.1 Å². The van der Waals surface area contributed by atoms with Crippen LogP contribution in [0.3, 0.4) is 0 Å². The fraction of sp³-hybridized carbons (Fsp3) is 0.360. The summed E-state index contributed by atoms with van der Waals surface area (Å²) in [6.45, 7) is 5.09. The van der Waals surface area contributed by atoms with E-state index in [2.05, 4.69) is 0 Å². The van der Waals surface area contributed by atoms with E-state index in [1.807, 2.05) is 56.3 Å². The molecule has 0 aliphatic carbocycles. The van der Waals surface area contributed by atoms with Gasteiger partial charge in [-0.3, -0.25) is 9.59 Å². The highest BCUT2D eigenvalue weighted by molar-refractivity contribution is 6.46. The fourth-order valence-corrected chi connectivity index (χ4v) is 4.14. The molecule has 1 amide bonds. The van der Waals surface area contributed by atoms with E-state index >= 15 is 0 Å². The lowest BCUT2D eigenvalue weighted by atomic mass is 9.94. The zero-order valence-corrected chi connectivity index (χ0v) is 17.8. The highest BCUT2D eigenvalue weighted by Crippen LogP contribution is 2.40. The van der Waals surface area contributed by atoms with Gasteiger partial charge in [0.05, 0.1) is 30.9 Å². The van der Waals surface area contributed by atoms with Gasteiger partial charge in [-0.1, -0.05) is 30.3 Å². The Labute approximate surface area is 182 Å². The molecule has 31 heavy (non-hydrogen) atoms. The Bertz CT molecular complexity index is 1010. The molecule has 2 aromatic carbocycles. The van der Waals surface area contributed by atoms with Crippen LogP contribution < -0.4 is 4.74 Å². The number of likely N-dealkylation sites (tertiary alicyclic amines) is 1. The number of benzene rings is 2. The van der Waals surface area contributed by atoms with Gasteiger partial charge in [-0.05, 0) is 56.0 Å². The summed E-state index contributed by atoms with van der Waals surface area (Å²) >= 11 is 0. The molecule has 2 heterocycles. The van der Waals surface area contributed by atoms with Crippen molar-refractivity contribution in [3.63, 3.8) is 0 Å². The lowest BCUT2D eigenvalue weighted by molar-refractivity contribution is -0.140. The average Bonchev–Trinajstić information content (AvgIpc) is 3.03. The molecule has 0 saturated carbocycles. The van der Waals surface area contributed by atoms with E-state index in [0.29, 0.717) is 18.8 Å².